The molecule has 0 radical (unpaired) electrons. The number of nitrogens with zero attached hydrogens (tertiary/aromatic N) is 1. The summed E-state index contributed by atoms with van der Waals surface area (Å²) in [6, 6.07) is 17.4. The first kappa shape index (κ1) is 15.7. The Kier molecular flexibility index (Phi) is 4.52. The minimum Gasteiger partial charge on any atom is -0.481 e. The van der Waals surface area contributed by atoms with E-state index in [0.717, 1.165) is 16.5 Å². The van der Waals surface area contributed by atoms with Gasteiger partial charge < -0.3 is 10.4 Å². The van der Waals surface area contributed by atoms with Crippen LogP contribution < -0.4 is 5.32 Å². The lowest BCUT2D eigenvalue weighted by Crippen LogP contribution is -2.30. The van der Waals surface area contributed by atoms with Crippen LogP contribution in [-0.2, 0) is 4.79 Å². The van der Waals surface area contributed by atoms with Gasteiger partial charge in [0.25, 0.3) is 5.91 Å². The third-order valence-corrected chi connectivity index (χ3v) is 3.75. The van der Waals surface area contributed by atoms with Gasteiger partial charge in [0.2, 0.25) is 0 Å². The molecule has 1 unspecified atom stereocenters. The topological polar surface area (TPSA) is 79.3 Å². The van der Waals surface area contributed by atoms with E-state index in [-0.39, 0.29) is 12.3 Å². The number of hydrogen-bond acceptors (Lipinski definition) is 3. The molecular formula is C19H16N2O3. The highest BCUT2D eigenvalue weighted by Crippen LogP contribution is 2.19. The van der Waals surface area contributed by atoms with E-state index in [2.05, 4.69) is 10.3 Å². The van der Waals surface area contributed by atoms with Gasteiger partial charge in [-0.25, -0.2) is 0 Å². The number of carbonyl (C=O) groups excluding carboxylic acids is 1. The van der Waals surface area contributed by atoms with E-state index < -0.39 is 12.0 Å². The third-order valence-electron chi connectivity index (χ3n) is 3.75. The molecule has 1 atom stereocenters. The molecule has 0 fully saturated rings. The van der Waals surface area contributed by atoms with Gasteiger partial charge in [-0.1, -0.05) is 36.4 Å². The van der Waals surface area contributed by atoms with Crippen molar-refractivity contribution in [3.8, 4) is 0 Å². The Morgan fingerprint density at radius 1 is 1.04 bits per heavy atom. The van der Waals surface area contributed by atoms with Crippen molar-refractivity contribution >= 4 is 22.8 Å². The first-order chi connectivity index (χ1) is 11.6. The van der Waals surface area contributed by atoms with Gasteiger partial charge in [0.15, 0.2) is 0 Å². The van der Waals surface area contributed by atoms with Crippen molar-refractivity contribution in [1.29, 1.82) is 0 Å². The average Bonchev–Trinajstić information content (AvgIpc) is 2.61. The van der Waals surface area contributed by atoms with Gasteiger partial charge in [0, 0.05) is 17.1 Å². The van der Waals surface area contributed by atoms with Crippen LogP contribution in [0.2, 0.25) is 0 Å². The SMILES string of the molecule is O=C(O)CC(NC(=O)c1ccc2ncccc2c1)c1ccccc1. The quantitative estimate of drug-likeness (QED) is 0.757. The van der Waals surface area contributed by atoms with E-state index in [9.17, 15) is 9.59 Å². The molecule has 0 aliphatic heterocycles. The van der Waals surface area contributed by atoms with Crippen LogP contribution >= 0.6 is 0 Å². The zero-order valence-electron chi connectivity index (χ0n) is 12.8. The van der Waals surface area contributed by atoms with Gasteiger partial charge in [-0.05, 0) is 29.8 Å². The van der Waals surface area contributed by atoms with E-state index in [0.29, 0.717) is 5.56 Å². The Morgan fingerprint density at radius 3 is 2.58 bits per heavy atom. The number of pyridine rings is 1. The maximum Gasteiger partial charge on any atom is 0.305 e. The van der Waals surface area contributed by atoms with Crippen LogP contribution in [0.25, 0.3) is 10.9 Å². The molecule has 5 heteroatoms. The summed E-state index contributed by atoms with van der Waals surface area (Å²) in [6.45, 7) is 0. The second-order valence-corrected chi connectivity index (χ2v) is 5.45. The lowest BCUT2D eigenvalue weighted by atomic mass is 10.0. The summed E-state index contributed by atoms with van der Waals surface area (Å²) in [6.07, 6.45) is 1.52. The second kappa shape index (κ2) is 6.91. The van der Waals surface area contributed by atoms with Crippen LogP contribution in [0.4, 0.5) is 0 Å². The molecule has 1 heterocycles. The summed E-state index contributed by atoms with van der Waals surface area (Å²) >= 11 is 0. The standard InChI is InChI=1S/C19H16N2O3/c22-18(23)12-17(13-5-2-1-3-6-13)21-19(24)15-8-9-16-14(11-15)7-4-10-20-16/h1-11,17H,12H2,(H,21,24)(H,22,23). The van der Waals surface area contributed by atoms with Crippen molar-refractivity contribution < 1.29 is 14.7 Å². The molecule has 24 heavy (non-hydrogen) atoms. The molecule has 2 aromatic carbocycles. The minimum atomic E-state index is -0.966. The summed E-state index contributed by atoms with van der Waals surface area (Å²) < 4.78 is 0. The Balaban J connectivity index is 1.85. The van der Waals surface area contributed by atoms with Crippen molar-refractivity contribution in [1.82, 2.24) is 10.3 Å². The number of carboxylic acids is 1. The molecule has 0 aliphatic carbocycles. The number of benzene rings is 2. The van der Waals surface area contributed by atoms with Gasteiger partial charge in [0.05, 0.1) is 18.0 Å². The van der Waals surface area contributed by atoms with Crippen molar-refractivity contribution in [3.63, 3.8) is 0 Å². The minimum absolute atomic E-state index is 0.176. The van der Waals surface area contributed by atoms with Gasteiger partial charge in [-0.2, -0.15) is 0 Å². The lowest BCUT2D eigenvalue weighted by molar-refractivity contribution is -0.137. The van der Waals surface area contributed by atoms with E-state index in [1.54, 1.807) is 42.6 Å². The average molecular weight is 320 g/mol. The summed E-state index contributed by atoms with van der Waals surface area (Å²) in [5.41, 5.74) is 2.04. The Bertz CT molecular complexity index is 878. The Labute approximate surface area is 139 Å². The smallest absolute Gasteiger partial charge is 0.305 e. The summed E-state index contributed by atoms with van der Waals surface area (Å²) in [7, 11) is 0. The monoisotopic (exact) mass is 320 g/mol. The van der Waals surface area contributed by atoms with Crippen molar-refractivity contribution in [2.75, 3.05) is 0 Å². The van der Waals surface area contributed by atoms with Gasteiger partial charge in [-0.15, -0.1) is 0 Å². The molecule has 2 N–H and O–H groups in total. The zero-order chi connectivity index (χ0) is 16.9. The second-order valence-electron chi connectivity index (χ2n) is 5.45. The highest BCUT2D eigenvalue weighted by Gasteiger charge is 2.19. The number of carbonyl (C=O) groups is 2. The van der Waals surface area contributed by atoms with Crippen LogP contribution in [0.3, 0.4) is 0 Å². The molecule has 0 saturated carbocycles. The third kappa shape index (κ3) is 3.57. The molecule has 0 bridgehead atoms. The van der Waals surface area contributed by atoms with E-state index in [1.165, 1.54) is 0 Å². The summed E-state index contributed by atoms with van der Waals surface area (Å²) in [5.74, 6) is -1.28. The van der Waals surface area contributed by atoms with Gasteiger partial charge in [0.1, 0.15) is 0 Å². The molecule has 1 aromatic heterocycles. The highest BCUT2D eigenvalue weighted by atomic mass is 16.4. The number of aromatic nitrogens is 1. The fourth-order valence-corrected chi connectivity index (χ4v) is 2.57. The fraction of sp³-hybridized carbons (Fsp3) is 0.105. The maximum atomic E-state index is 12.5. The molecule has 0 spiro atoms. The molecule has 5 nitrogen and oxygen atoms in total. The number of fused-ring (bicyclic) bond motifs is 1. The van der Waals surface area contributed by atoms with Crippen molar-refractivity contribution in [2.24, 2.45) is 0 Å². The van der Waals surface area contributed by atoms with Crippen molar-refractivity contribution in [2.45, 2.75) is 12.5 Å². The molecule has 0 saturated heterocycles. The number of hydrogen-bond donors (Lipinski definition) is 2. The van der Waals surface area contributed by atoms with Crippen LogP contribution in [0.15, 0.2) is 66.9 Å². The summed E-state index contributed by atoms with van der Waals surface area (Å²) in [5, 5.41) is 12.8. The number of aliphatic carboxylic acids is 1. The normalized spacial score (nSPS) is 11.8. The number of nitrogens with one attached hydrogen (secondary N) is 1. The molecule has 0 aliphatic rings. The molecule has 120 valence electrons. The number of rotatable bonds is 5. The Morgan fingerprint density at radius 2 is 1.83 bits per heavy atom. The number of amides is 1. The van der Waals surface area contributed by atoms with Crippen molar-refractivity contribution in [3.05, 3.63) is 78.0 Å². The predicted molar refractivity (Wildman–Crippen MR) is 90.6 cm³/mol. The van der Waals surface area contributed by atoms with Crippen LogP contribution in [0.1, 0.15) is 28.4 Å². The van der Waals surface area contributed by atoms with E-state index in [1.807, 2.05) is 24.3 Å². The molecule has 1 amide bonds. The van der Waals surface area contributed by atoms with Gasteiger partial charge >= 0.3 is 5.97 Å². The highest BCUT2D eigenvalue weighted by molar-refractivity contribution is 5.98. The zero-order valence-corrected chi connectivity index (χ0v) is 12.8. The summed E-state index contributed by atoms with van der Waals surface area (Å²) in [4.78, 5) is 27.9. The molecule has 3 rings (SSSR count). The maximum absolute atomic E-state index is 12.5. The molecular weight excluding hydrogens is 304 g/mol. The van der Waals surface area contributed by atoms with E-state index >= 15 is 0 Å². The molecule has 3 aromatic rings. The van der Waals surface area contributed by atoms with Gasteiger partial charge in [-0.3, -0.25) is 14.6 Å². The van der Waals surface area contributed by atoms with Crippen LogP contribution in [0.5, 0.6) is 0 Å². The Hall–Kier alpha value is -3.21. The van der Waals surface area contributed by atoms with E-state index in [4.69, 9.17) is 5.11 Å². The lowest BCUT2D eigenvalue weighted by Gasteiger charge is -2.17. The largest absolute Gasteiger partial charge is 0.481 e. The van der Waals surface area contributed by atoms with Crippen LogP contribution in [-0.4, -0.2) is 22.0 Å². The fourth-order valence-electron chi connectivity index (χ4n) is 2.57. The van der Waals surface area contributed by atoms with Crippen LogP contribution in [0, 0.1) is 0 Å². The predicted octanol–water partition coefficient (Wildman–Crippen LogP) is 3.18. The number of carboxylic acid groups (broad SMARTS) is 1. The first-order valence-corrected chi connectivity index (χ1v) is 7.56. The first-order valence-electron chi connectivity index (χ1n) is 7.56.